The minimum absolute atomic E-state index is 0.649. The highest BCUT2D eigenvalue weighted by Gasteiger charge is 2.02. The Morgan fingerprint density at radius 3 is 2.84 bits per heavy atom. The Kier molecular flexibility index (Phi) is 7.75. The minimum Gasteiger partial charge on any atom is -0.333 e. The fourth-order valence-electron chi connectivity index (χ4n) is 2.02. The van der Waals surface area contributed by atoms with Gasteiger partial charge in [0.1, 0.15) is 0 Å². The first-order valence-electron chi connectivity index (χ1n) is 7.55. The summed E-state index contributed by atoms with van der Waals surface area (Å²) in [6.45, 7) is 11.0. The van der Waals surface area contributed by atoms with Crippen LogP contribution in [0.15, 0.2) is 12.5 Å². The van der Waals surface area contributed by atoms with Crippen LogP contribution in [0.5, 0.6) is 0 Å². The predicted molar refractivity (Wildman–Crippen MR) is 81.2 cm³/mol. The SMILES string of the molecule is CCCn1cncc1CNCCCCN(C)C(C)C. The molecule has 19 heavy (non-hydrogen) atoms. The van der Waals surface area contributed by atoms with Gasteiger partial charge in [0, 0.05) is 25.3 Å². The number of hydrogen-bond acceptors (Lipinski definition) is 3. The fourth-order valence-corrected chi connectivity index (χ4v) is 2.02. The first kappa shape index (κ1) is 16.2. The van der Waals surface area contributed by atoms with Gasteiger partial charge in [-0.05, 0) is 53.2 Å². The Hall–Kier alpha value is -0.870. The van der Waals surface area contributed by atoms with E-state index >= 15 is 0 Å². The van der Waals surface area contributed by atoms with Crippen molar-refractivity contribution in [3.63, 3.8) is 0 Å². The smallest absolute Gasteiger partial charge is 0.0948 e. The molecule has 0 bridgehead atoms. The maximum atomic E-state index is 4.21. The van der Waals surface area contributed by atoms with Crippen LogP contribution >= 0.6 is 0 Å². The lowest BCUT2D eigenvalue weighted by Crippen LogP contribution is -2.28. The van der Waals surface area contributed by atoms with Crippen molar-refractivity contribution < 1.29 is 0 Å². The Morgan fingerprint density at radius 2 is 2.16 bits per heavy atom. The topological polar surface area (TPSA) is 33.1 Å². The Morgan fingerprint density at radius 1 is 1.37 bits per heavy atom. The van der Waals surface area contributed by atoms with Gasteiger partial charge in [0.05, 0.1) is 12.0 Å². The van der Waals surface area contributed by atoms with Crippen LogP contribution in [0.1, 0.15) is 45.7 Å². The normalized spacial score (nSPS) is 11.7. The van der Waals surface area contributed by atoms with E-state index < -0.39 is 0 Å². The molecule has 0 saturated carbocycles. The maximum absolute atomic E-state index is 4.21. The second-order valence-corrected chi connectivity index (χ2v) is 5.54. The van der Waals surface area contributed by atoms with Gasteiger partial charge in [-0.3, -0.25) is 0 Å². The van der Waals surface area contributed by atoms with E-state index in [0.717, 1.165) is 26.1 Å². The van der Waals surface area contributed by atoms with Gasteiger partial charge in [-0.1, -0.05) is 6.92 Å². The van der Waals surface area contributed by atoms with Crippen LogP contribution in [-0.4, -0.2) is 40.6 Å². The number of imidazole rings is 1. The molecule has 0 unspecified atom stereocenters. The molecule has 0 aromatic carbocycles. The van der Waals surface area contributed by atoms with Crippen LogP contribution in [0, 0.1) is 0 Å². The molecule has 0 radical (unpaired) electrons. The van der Waals surface area contributed by atoms with Crippen molar-refractivity contribution in [2.45, 2.75) is 59.2 Å². The van der Waals surface area contributed by atoms with Crippen LogP contribution in [0.4, 0.5) is 0 Å². The quantitative estimate of drug-likeness (QED) is 0.661. The minimum atomic E-state index is 0.649. The van der Waals surface area contributed by atoms with Gasteiger partial charge in [-0.2, -0.15) is 0 Å². The molecular weight excluding hydrogens is 236 g/mol. The molecule has 0 amide bonds. The second-order valence-electron chi connectivity index (χ2n) is 5.54. The average Bonchev–Trinajstić information content (AvgIpc) is 2.81. The molecule has 1 rings (SSSR count). The van der Waals surface area contributed by atoms with Gasteiger partial charge >= 0.3 is 0 Å². The van der Waals surface area contributed by atoms with Gasteiger partial charge in [-0.15, -0.1) is 0 Å². The molecule has 0 aliphatic carbocycles. The highest BCUT2D eigenvalue weighted by atomic mass is 15.1. The summed E-state index contributed by atoms with van der Waals surface area (Å²) in [6.07, 6.45) is 7.55. The van der Waals surface area contributed by atoms with Crippen molar-refractivity contribution in [3.8, 4) is 0 Å². The highest BCUT2D eigenvalue weighted by molar-refractivity contribution is 4.97. The van der Waals surface area contributed by atoms with Crippen molar-refractivity contribution in [2.24, 2.45) is 0 Å². The van der Waals surface area contributed by atoms with Gasteiger partial charge < -0.3 is 14.8 Å². The van der Waals surface area contributed by atoms with E-state index in [1.807, 2.05) is 12.5 Å². The van der Waals surface area contributed by atoms with E-state index in [-0.39, 0.29) is 0 Å². The number of nitrogens with zero attached hydrogens (tertiary/aromatic N) is 3. The maximum Gasteiger partial charge on any atom is 0.0948 e. The summed E-state index contributed by atoms with van der Waals surface area (Å²) >= 11 is 0. The lowest BCUT2D eigenvalue weighted by Gasteiger charge is -2.20. The van der Waals surface area contributed by atoms with Gasteiger partial charge in [-0.25, -0.2) is 4.98 Å². The number of rotatable bonds is 10. The largest absolute Gasteiger partial charge is 0.333 e. The summed E-state index contributed by atoms with van der Waals surface area (Å²) < 4.78 is 2.24. The van der Waals surface area contributed by atoms with Crippen molar-refractivity contribution in [1.29, 1.82) is 0 Å². The lowest BCUT2D eigenvalue weighted by atomic mass is 10.2. The molecule has 4 heteroatoms. The van der Waals surface area contributed by atoms with E-state index in [4.69, 9.17) is 0 Å². The first-order chi connectivity index (χ1) is 9.15. The molecule has 0 aliphatic heterocycles. The van der Waals surface area contributed by atoms with E-state index in [0.29, 0.717) is 6.04 Å². The van der Waals surface area contributed by atoms with Crippen molar-refractivity contribution >= 4 is 0 Å². The van der Waals surface area contributed by atoms with Crippen molar-refractivity contribution in [2.75, 3.05) is 20.1 Å². The molecule has 4 nitrogen and oxygen atoms in total. The van der Waals surface area contributed by atoms with Crippen LogP contribution < -0.4 is 5.32 Å². The molecule has 0 saturated heterocycles. The standard InChI is InChI=1S/C15H30N4/c1-5-9-19-13-17-12-15(19)11-16-8-6-7-10-18(4)14(2)3/h12-14,16H,5-11H2,1-4H3. The molecule has 0 aliphatic rings. The molecule has 1 heterocycles. The van der Waals surface area contributed by atoms with E-state index in [9.17, 15) is 0 Å². The fraction of sp³-hybridized carbons (Fsp3) is 0.800. The zero-order valence-electron chi connectivity index (χ0n) is 13.0. The average molecular weight is 266 g/mol. The zero-order chi connectivity index (χ0) is 14.1. The summed E-state index contributed by atoms with van der Waals surface area (Å²) in [5.74, 6) is 0. The molecule has 0 spiro atoms. The molecular formula is C15H30N4. The third-order valence-corrected chi connectivity index (χ3v) is 3.57. The summed E-state index contributed by atoms with van der Waals surface area (Å²) in [4.78, 5) is 6.61. The van der Waals surface area contributed by atoms with E-state index in [1.165, 1.54) is 25.1 Å². The third-order valence-electron chi connectivity index (χ3n) is 3.57. The van der Waals surface area contributed by atoms with Crippen LogP contribution in [0.2, 0.25) is 0 Å². The van der Waals surface area contributed by atoms with Crippen LogP contribution in [-0.2, 0) is 13.1 Å². The molecule has 0 atom stereocenters. The number of nitrogens with one attached hydrogen (secondary N) is 1. The Labute approximate surface area is 118 Å². The molecule has 110 valence electrons. The molecule has 1 aromatic rings. The monoisotopic (exact) mass is 266 g/mol. The van der Waals surface area contributed by atoms with Gasteiger partial charge in [0.15, 0.2) is 0 Å². The van der Waals surface area contributed by atoms with E-state index in [2.05, 4.69) is 47.6 Å². The summed E-state index contributed by atoms with van der Waals surface area (Å²) in [6, 6.07) is 0.649. The number of aromatic nitrogens is 2. The predicted octanol–water partition coefficient (Wildman–Crippen LogP) is 2.50. The van der Waals surface area contributed by atoms with Gasteiger partial charge in [0.25, 0.3) is 0 Å². The summed E-state index contributed by atoms with van der Waals surface area (Å²) in [5, 5.41) is 3.51. The molecule has 0 fully saturated rings. The highest BCUT2D eigenvalue weighted by Crippen LogP contribution is 2.01. The van der Waals surface area contributed by atoms with Gasteiger partial charge in [0.2, 0.25) is 0 Å². The number of hydrogen-bond donors (Lipinski definition) is 1. The summed E-state index contributed by atoms with van der Waals surface area (Å²) in [7, 11) is 2.20. The number of aryl methyl sites for hydroxylation is 1. The third kappa shape index (κ3) is 6.21. The molecule has 1 N–H and O–H groups in total. The lowest BCUT2D eigenvalue weighted by molar-refractivity contribution is 0.268. The Balaban J connectivity index is 2.09. The van der Waals surface area contributed by atoms with Crippen molar-refractivity contribution in [1.82, 2.24) is 19.8 Å². The van der Waals surface area contributed by atoms with E-state index in [1.54, 1.807) is 0 Å². The van der Waals surface area contributed by atoms with Crippen LogP contribution in [0.3, 0.4) is 0 Å². The first-order valence-corrected chi connectivity index (χ1v) is 7.55. The second kappa shape index (κ2) is 9.10. The van der Waals surface area contributed by atoms with Crippen molar-refractivity contribution in [3.05, 3.63) is 18.2 Å². The number of unbranched alkanes of at least 4 members (excludes halogenated alkanes) is 1. The Bertz CT molecular complexity index is 333. The summed E-state index contributed by atoms with van der Waals surface area (Å²) in [5.41, 5.74) is 1.29. The zero-order valence-corrected chi connectivity index (χ0v) is 13.0. The van der Waals surface area contributed by atoms with Crippen LogP contribution in [0.25, 0.3) is 0 Å². The molecule has 1 aromatic heterocycles.